The highest BCUT2D eigenvalue weighted by atomic mass is 32.2. The molecular weight excluding hydrogens is 284 g/mol. The minimum absolute atomic E-state index is 0.0486. The van der Waals surface area contributed by atoms with Gasteiger partial charge >= 0.3 is 5.97 Å². The van der Waals surface area contributed by atoms with Gasteiger partial charge in [-0.25, -0.2) is 17.9 Å². The van der Waals surface area contributed by atoms with E-state index in [1.807, 2.05) is 0 Å². The maximum Gasteiger partial charge on any atom is 0.326 e. The average Bonchev–Trinajstić information content (AvgIpc) is 2.37. The number of amides is 1. The molecule has 2 N–H and O–H groups in total. The van der Waals surface area contributed by atoms with Gasteiger partial charge in [0.25, 0.3) is 0 Å². The Morgan fingerprint density at radius 1 is 1.40 bits per heavy atom. The number of hydrogen-bond acceptors (Lipinski definition) is 4. The van der Waals surface area contributed by atoms with Crippen LogP contribution in [-0.2, 0) is 19.6 Å². The van der Waals surface area contributed by atoms with Crippen molar-refractivity contribution in [3.8, 4) is 0 Å². The third-order valence-corrected chi connectivity index (χ3v) is 4.93. The highest BCUT2D eigenvalue weighted by molar-refractivity contribution is 7.89. The van der Waals surface area contributed by atoms with Gasteiger partial charge in [0.05, 0.1) is 11.8 Å². The molecule has 0 aromatic heterocycles. The second-order valence-electron chi connectivity index (χ2n) is 5.04. The van der Waals surface area contributed by atoms with Crippen LogP contribution in [0.15, 0.2) is 0 Å². The van der Waals surface area contributed by atoms with Crippen molar-refractivity contribution in [2.75, 3.05) is 12.3 Å². The van der Waals surface area contributed by atoms with Crippen LogP contribution in [0.1, 0.15) is 39.5 Å². The number of hydrogen-bond donors (Lipinski definition) is 2. The summed E-state index contributed by atoms with van der Waals surface area (Å²) in [5, 5.41) is 9.12. The van der Waals surface area contributed by atoms with Gasteiger partial charge in [0.2, 0.25) is 15.9 Å². The van der Waals surface area contributed by atoms with Crippen LogP contribution < -0.4 is 4.72 Å². The Balaban J connectivity index is 2.74. The van der Waals surface area contributed by atoms with Crippen molar-refractivity contribution in [2.45, 2.75) is 51.6 Å². The fourth-order valence-corrected chi connectivity index (χ4v) is 3.64. The minimum atomic E-state index is -3.50. The molecule has 116 valence electrons. The molecule has 0 radical (unpaired) electrons. The van der Waals surface area contributed by atoms with Crippen LogP contribution in [-0.4, -0.2) is 54.7 Å². The van der Waals surface area contributed by atoms with Crippen LogP contribution in [0.5, 0.6) is 0 Å². The van der Waals surface area contributed by atoms with Crippen LogP contribution in [0, 0.1) is 0 Å². The Morgan fingerprint density at radius 2 is 2.05 bits per heavy atom. The number of carbonyl (C=O) groups excluding carboxylic acids is 1. The smallest absolute Gasteiger partial charge is 0.326 e. The van der Waals surface area contributed by atoms with Gasteiger partial charge in [0.15, 0.2) is 0 Å². The molecule has 0 aliphatic carbocycles. The molecule has 1 saturated heterocycles. The first-order valence-electron chi connectivity index (χ1n) is 6.81. The van der Waals surface area contributed by atoms with Crippen LogP contribution in [0.4, 0.5) is 0 Å². The molecule has 2 atom stereocenters. The first-order chi connectivity index (χ1) is 9.28. The van der Waals surface area contributed by atoms with Crippen molar-refractivity contribution >= 4 is 21.9 Å². The lowest BCUT2D eigenvalue weighted by atomic mass is 10.0. The molecule has 20 heavy (non-hydrogen) atoms. The first-order valence-corrected chi connectivity index (χ1v) is 8.47. The standard InChI is InChI=1S/C12H22N2O5S/c1-3-8-20(18,19)13-9(2)11(15)14-7-5-4-6-10(14)12(16)17/h9-10,13H,3-8H2,1-2H3,(H,16,17)/t9?,10-/m1/s1. The molecule has 7 nitrogen and oxygen atoms in total. The summed E-state index contributed by atoms with van der Waals surface area (Å²) >= 11 is 0. The molecular formula is C12H22N2O5S. The van der Waals surface area contributed by atoms with E-state index >= 15 is 0 Å². The maximum atomic E-state index is 12.2. The number of sulfonamides is 1. The van der Waals surface area contributed by atoms with E-state index < -0.39 is 34.0 Å². The Morgan fingerprint density at radius 3 is 2.60 bits per heavy atom. The quantitative estimate of drug-likeness (QED) is 0.728. The average molecular weight is 306 g/mol. The lowest BCUT2D eigenvalue weighted by molar-refractivity contribution is -0.152. The van der Waals surface area contributed by atoms with E-state index in [1.165, 1.54) is 11.8 Å². The summed E-state index contributed by atoms with van der Waals surface area (Å²) in [5.74, 6) is -1.56. The highest BCUT2D eigenvalue weighted by Crippen LogP contribution is 2.18. The largest absolute Gasteiger partial charge is 0.480 e. The summed E-state index contributed by atoms with van der Waals surface area (Å²) in [6.07, 6.45) is 2.37. The van der Waals surface area contributed by atoms with Gasteiger partial charge in [0, 0.05) is 6.54 Å². The Labute approximate surface area is 119 Å². The van der Waals surface area contributed by atoms with Gasteiger partial charge in [-0.2, -0.15) is 0 Å². The van der Waals surface area contributed by atoms with Crippen molar-refractivity contribution in [1.82, 2.24) is 9.62 Å². The summed E-state index contributed by atoms with van der Waals surface area (Å²) in [5.41, 5.74) is 0. The van der Waals surface area contributed by atoms with Crippen molar-refractivity contribution in [3.63, 3.8) is 0 Å². The number of nitrogens with zero attached hydrogens (tertiary/aromatic N) is 1. The van der Waals surface area contributed by atoms with Gasteiger partial charge < -0.3 is 10.0 Å². The number of carboxylic acids is 1. The lowest BCUT2D eigenvalue weighted by Crippen LogP contribution is -2.54. The third-order valence-electron chi connectivity index (χ3n) is 3.27. The van der Waals surface area contributed by atoms with Crippen LogP contribution in [0.2, 0.25) is 0 Å². The summed E-state index contributed by atoms with van der Waals surface area (Å²) in [6, 6.07) is -1.79. The van der Waals surface area contributed by atoms with Crippen LogP contribution >= 0.6 is 0 Å². The second kappa shape index (κ2) is 7.03. The highest BCUT2D eigenvalue weighted by Gasteiger charge is 2.34. The van der Waals surface area contributed by atoms with E-state index in [0.717, 1.165) is 12.8 Å². The van der Waals surface area contributed by atoms with Crippen molar-refractivity contribution in [3.05, 3.63) is 0 Å². The second-order valence-corrected chi connectivity index (χ2v) is 6.91. The number of aliphatic carboxylic acids is 1. The van der Waals surface area contributed by atoms with E-state index in [1.54, 1.807) is 6.92 Å². The molecule has 8 heteroatoms. The minimum Gasteiger partial charge on any atom is -0.480 e. The number of nitrogens with one attached hydrogen (secondary N) is 1. The Hall–Kier alpha value is -1.15. The molecule has 0 aromatic rings. The lowest BCUT2D eigenvalue weighted by Gasteiger charge is -2.34. The molecule has 1 fully saturated rings. The van der Waals surface area contributed by atoms with Gasteiger partial charge in [-0.05, 0) is 32.6 Å². The fourth-order valence-electron chi connectivity index (χ4n) is 2.35. The van der Waals surface area contributed by atoms with E-state index in [2.05, 4.69) is 4.72 Å². The Bertz CT molecular complexity index is 462. The molecule has 1 aliphatic heterocycles. The molecule has 1 heterocycles. The van der Waals surface area contributed by atoms with E-state index in [-0.39, 0.29) is 5.75 Å². The fraction of sp³-hybridized carbons (Fsp3) is 0.833. The van der Waals surface area contributed by atoms with Gasteiger partial charge in [-0.3, -0.25) is 4.79 Å². The molecule has 1 rings (SSSR count). The molecule has 0 bridgehead atoms. The summed E-state index contributed by atoms with van der Waals surface area (Å²) in [7, 11) is -3.50. The van der Waals surface area contributed by atoms with E-state index in [9.17, 15) is 18.0 Å². The number of likely N-dealkylation sites (tertiary alicyclic amines) is 1. The zero-order valence-corrected chi connectivity index (χ0v) is 12.6. The van der Waals surface area contributed by atoms with Crippen molar-refractivity contribution in [2.24, 2.45) is 0 Å². The number of rotatable bonds is 6. The van der Waals surface area contributed by atoms with Gasteiger partial charge in [-0.1, -0.05) is 6.92 Å². The van der Waals surface area contributed by atoms with Crippen molar-refractivity contribution in [1.29, 1.82) is 0 Å². The van der Waals surface area contributed by atoms with Crippen molar-refractivity contribution < 1.29 is 23.1 Å². The molecule has 0 aromatic carbocycles. The maximum absolute atomic E-state index is 12.2. The molecule has 0 spiro atoms. The summed E-state index contributed by atoms with van der Waals surface area (Å²) in [4.78, 5) is 24.6. The SMILES string of the molecule is CCCS(=O)(=O)NC(C)C(=O)N1CCCC[C@@H]1C(=O)O. The zero-order valence-electron chi connectivity index (χ0n) is 11.8. The zero-order chi connectivity index (χ0) is 15.3. The topological polar surface area (TPSA) is 104 Å². The first kappa shape index (κ1) is 16.9. The van der Waals surface area contributed by atoms with E-state index in [4.69, 9.17) is 5.11 Å². The summed E-state index contributed by atoms with van der Waals surface area (Å²) < 4.78 is 25.6. The number of carboxylic acid groups (broad SMARTS) is 1. The third kappa shape index (κ3) is 4.45. The molecule has 1 amide bonds. The normalized spacial score (nSPS) is 21.5. The summed E-state index contributed by atoms with van der Waals surface area (Å²) in [6.45, 7) is 3.54. The molecule has 1 aliphatic rings. The predicted molar refractivity (Wildman–Crippen MR) is 73.7 cm³/mol. The van der Waals surface area contributed by atoms with Crippen LogP contribution in [0.25, 0.3) is 0 Å². The number of carbonyl (C=O) groups is 2. The van der Waals surface area contributed by atoms with Gasteiger partial charge in [0.1, 0.15) is 6.04 Å². The molecule has 0 saturated carbocycles. The monoisotopic (exact) mass is 306 g/mol. The van der Waals surface area contributed by atoms with Gasteiger partial charge in [-0.15, -0.1) is 0 Å². The predicted octanol–water partition coefficient (Wildman–Crippen LogP) is 0.170. The Kier molecular flexibility index (Phi) is 5.94. The number of piperidine rings is 1. The molecule has 1 unspecified atom stereocenters. The van der Waals surface area contributed by atoms with Crippen LogP contribution in [0.3, 0.4) is 0 Å². The van der Waals surface area contributed by atoms with E-state index in [0.29, 0.717) is 19.4 Å².